The van der Waals surface area contributed by atoms with Crippen molar-refractivity contribution in [1.82, 2.24) is 19.3 Å². The number of rotatable bonds is 5. The van der Waals surface area contributed by atoms with Crippen LogP contribution in [0.2, 0.25) is 0 Å². The van der Waals surface area contributed by atoms with E-state index < -0.39 is 0 Å². The van der Waals surface area contributed by atoms with Crippen LogP contribution in [0.4, 0.5) is 0 Å². The van der Waals surface area contributed by atoms with E-state index >= 15 is 0 Å². The summed E-state index contributed by atoms with van der Waals surface area (Å²) in [7, 11) is 2.00. The Hall–Kier alpha value is -1.29. The molecule has 0 aliphatic carbocycles. The molecule has 2 aromatic heterocycles. The molecule has 5 heteroatoms. The average molecular weight is 253 g/mol. The first kappa shape index (κ1) is 12.2. The molecular weight excluding hydrogens is 236 g/mol. The Bertz CT molecular complexity index is 474. The van der Waals surface area contributed by atoms with Crippen molar-refractivity contribution in [3.05, 3.63) is 36.2 Å². The smallest absolute Gasteiger partial charge is 0.110 e. The van der Waals surface area contributed by atoms with Crippen LogP contribution in [0.5, 0.6) is 0 Å². The zero-order valence-corrected chi connectivity index (χ0v) is 10.9. The van der Waals surface area contributed by atoms with Gasteiger partial charge in [-0.2, -0.15) is 5.10 Å². The number of hydrogen-bond donors (Lipinski definition) is 0. The quantitative estimate of drug-likeness (QED) is 0.767. The van der Waals surface area contributed by atoms with Gasteiger partial charge < -0.3 is 4.57 Å². The van der Waals surface area contributed by atoms with Crippen molar-refractivity contribution < 1.29 is 0 Å². The summed E-state index contributed by atoms with van der Waals surface area (Å²) in [5.74, 6) is 1.07. The minimum Gasteiger partial charge on any atom is -0.338 e. The molecule has 2 heterocycles. The third-order valence-electron chi connectivity index (χ3n) is 2.86. The maximum Gasteiger partial charge on any atom is 0.110 e. The van der Waals surface area contributed by atoms with Gasteiger partial charge in [-0.05, 0) is 6.42 Å². The second kappa shape index (κ2) is 5.36. The molecule has 92 valence electrons. The van der Waals surface area contributed by atoms with Crippen molar-refractivity contribution in [2.24, 2.45) is 7.05 Å². The van der Waals surface area contributed by atoms with Crippen LogP contribution in [0.25, 0.3) is 0 Å². The van der Waals surface area contributed by atoms with E-state index in [0.717, 1.165) is 30.8 Å². The molecular formula is C12H17ClN4. The van der Waals surface area contributed by atoms with Crippen LogP contribution in [0.1, 0.15) is 30.1 Å². The lowest BCUT2D eigenvalue weighted by Gasteiger charge is -2.03. The van der Waals surface area contributed by atoms with Crippen molar-refractivity contribution in [3.63, 3.8) is 0 Å². The largest absolute Gasteiger partial charge is 0.338 e. The van der Waals surface area contributed by atoms with E-state index in [1.165, 1.54) is 0 Å². The minimum absolute atomic E-state index is 0.0666. The second-order valence-corrected chi connectivity index (χ2v) is 4.64. The molecule has 0 amide bonds. The van der Waals surface area contributed by atoms with Gasteiger partial charge in [0, 0.05) is 44.2 Å². The molecule has 2 aromatic rings. The van der Waals surface area contributed by atoms with Crippen molar-refractivity contribution in [1.29, 1.82) is 0 Å². The summed E-state index contributed by atoms with van der Waals surface area (Å²) in [5.41, 5.74) is 1.09. The molecule has 0 radical (unpaired) electrons. The molecule has 0 N–H and O–H groups in total. The lowest BCUT2D eigenvalue weighted by atomic mass is 10.2. The second-order valence-electron chi connectivity index (χ2n) is 4.12. The zero-order valence-electron chi connectivity index (χ0n) is 10.2. The van der Waals surface area contributed by atoms with Gasteiger partial charge in [0.05, 0.1) is 11.6 Å². The van der Waals surface area contributed by atoms with Gasteiger partial charge >= 0.3 is 0 Å². The summed E-state index contributed by atoms with van der Waals surface area (Å²) < 4.78 is 3.95. The molecule has 17 heavy (non-hydrogen) atoms. The monoisotopic (exact) mass is 252 g/mol. The highest BCUT2D eigenvalue weighted by molar-refractivity contribution is 6.20. The van der Waals surface area contributed by atoms with Gasteiger partial charge in [0.15, 0.2) is 0 Å². The fraction of sp³-hybridized carbons (Fsp3) is 0.500. The summed E-state index contributed by atoms with van der Waals surface area (Å²) in [6, 6.07) is 0. The van der Waals surface area contributed by atoms with Crippen LogP contribution < -0.4 is 0 Å². The summed E-state index contributed by atoms with van der Waals surface area (Å²) in [5, 5.41) is 4.38. The molecule has 1 unspecified atom stereocenters. The van der Waals surface area contributed by atoms with Gasteiger partial charge in [0.25, 0.3) is 0 Å². The zero-order chi connectivity index (χ0) is 12.3. The molecule has 0 aliphatic rings. The van der Waals surface area contributed by atoms with E-state index in [1.807, 2.05) is 41.1 Å². The van der Waals surface area contributed by atoms with E-state index in [4.69, 9.17) is 11.6 Å². The summed E-state index contributed by atoms with van der Waals surface area (Å²) >= 11 is 6.16. The third kappa shape index (κ3) is 2.88. The van der Waals surface area contributed by atoms with Gasteiger partial charge in [-0.3, -0.25) is 4.68 Å². The molecule has 0 bridgehead atoms. The molecule has 0 saturated heterocycles. The predicted octanol–water partition coefficient (Wildman–Crippen LogP) is 2.55. The van der Waals surface area contributed by atoms with Crippen LogP contribution >= 0.6 is 11.6 Å². The Labute approximate surface area is 106 Å². The van der Waals surface area contributed by atoms with E-state index in [-0.39, 0.29) is 5.38 Å². The first-order valence-electron chi connectivity index (χ1n) is 5.83. The van der Waals surface area contributed by atoms with Gasteiger partial charge in [-0.1, -0.05) is 6.92 Å². The van der Waals surface area contributed by atoms with Crippen LogP contribution in [-0.2, 0) is 20.0 Å². The van der Waals surface area contributed by atoms with Crippen molar-refractivity contribution in [3.8, 4) is 0 Å². The highest BCUT2D eigenvalue weighted by Gasteiger charge is 2.08. The van der Waals surface area contributed by atoms with Gasteiger partial charge in [-0.25, -0.2) is 4.98 Å². The van der Waals surface area contributed by atoms with Crippen LogP contribution in [0.3, 0.4) is 0 Å². The lowest BCUT2D eigenvalue weighted by Crippen LogP contribution is -2.05. The topological polar surface area (TPSA) is 35.6 Å². The van der Waals surface area contributed by atoms with Crippen molar-refractivity contribution >= 4 is 11.6 Å². The van der Waals surface area contributed by atoms with E-state index in [9.17, 15) is 0 Å². The van der Waals surface area contributed by atoms with Crippen molar-refractivity contribution in [2.75, 3.05) is 0 Å². The Morgan fingerprint density at radius 1 is 1.47 bits per heavy atom. The third-order valence-corrected chi connectivity index (χ3v) is 3.42. The number of aromatic nitrogens is 4. The first-order chi connectivity index (χ1) is 8.20. The Balaban J connectivity index is 1.96. The normalized spacial score (nSPS) is 12.9. The van der Waals surface area contributed by atoms with Crippen LogP contribution in [0, 0.1) is 0 Å². The summed E-state index contributed by atoms with van der Waals surface area (Å²) in [6.07, 6.45) is 9.44. The number of halogens is 1. The summed E-state index contributed by atoms with van der Waals surface area (Å²) in [6.45, 7) is 2.90. The number of nitrogens with zero attached hydrogens (tertiary/aromatic N) is 4. The van der Waals surface area contributed by atoms with Crippen LogP contribution in [-0.4, -0.2) is 19.3 Å². The fourth-order valence-corrected chi connectivity index (χ4v) is 1.86. The molecule has 1 atom stereocenters. The minimum atomic E-state index is 0.0666. The molecule has 0 spiro atoms. The number of alkyl halides is 1. The number of hydrogen-bond acceptors (Lipinski definition) is 2. The van der Waals surface area contributed by atoms with E-state index in [1.54, 1.807) is 0 Å². The number of aryl methyl sites for hydroxylation is 3. The van der Waals surface area contributed by atoms with Gasteiger partial charge in [0.2, 0.25) is 0 Å². The predicted molar refractivity (Wildman–Crippen MR) is 68.0 cm³/mol. The highest BCUT2D eigenvalue weighted by atomic mass is 35.5. The van der Waals surface area contributed by atoms with Gasteiger partial charge in [-0.15, -0.1) is 11.6 Å². The Morgan fingerprint density at radius 3 is 2.94 bits per heavy atom. The maximum absolute atomic E-state index is 6.16. The maximum atomic E-state index is 6.16. The lowest BCUT2D eigenvalue weighted by molar-refractivity contribution is 0.589. The number of imidazole rings is 1. The van der Waals surface area contributed by atoms with Crippen LogP contribution in [0.15, 0.2) is 24.8 Å². The molecule has 2 rings (SSSR count). The summed E-state index contributed by atoms with van der Waals surface area (Å²) in [4.78, 5) is 4.28. The average Bonchev–Trinajstić information content (AvgIpc) is 2.94. The Kier molecular flexibility index (Phi) is 3.84. The Morgan fingerprint density at radius 2 is 2.29 bits per heavy atom. The molecule has 4 nitrogen and oxygen atoms in total. The molecule has 0 fully saturated rings. The first-order valence-corrected chi connectivity index (χ1v) is 6.27. The molecule has 0 saturated carbocycles. The highest BCUT2D eigenvalue weighted by Crippen LogP contribution is 2.22. The van der Waals surface area contributed by atoms with Gasteiger partial charge in [0.1, 0.15) is 5.82 Å². The fourth-order valence-electron chi connectivity index (χ4n) is 1.75. The molecule has 0 aromatic carbocycles. The standard InChI is InChI=1S/C12H17ClN4/c1-3-11(13)10-8-15-17(9-10)6-4-12-14-5-7-16(12)2/h5,7-9,11H,3-4,6H2,1-2H3. The van der Waals surface area contributed by atoms with E-state index in [0.29, 0.717) is 0 Å². The van der Waals surface area contributed by atoms with E-state index in [2.05, 4.69) is 17.0 Å². The SMILES string of the molecule is CCC(Cl)c1cnn(CCc2nccn2C)c1. The van der Waals surface area contributed by atoms with Crippen molar-refractivity contribution in [2.45, 2.75) is 31.7 Å². The molecule has 0 aliphatic heterocycles.